The highest BCUT2D eigenvalue weighted by molar-refractivity contribution is 5.52. The minimum absolute atomic E-state index is 0.740. The van der Waals surface area contributed by atoms with E-state index in [1.807, 2.05) is 7.05 Å². The van der Waals surface area contributed by atoms with E-state index in [4.69, 9.17) is 0 Å². The van der Waals surface area contributed by atoms with E-state index in [1.54, 1.807) is 0 Å². The van der Waals surface area contributed by atoms with Crippen LogP contribution in [0.5, 0.6) is 0 Å². The molecular weight excluding hydrogens is 236 g/mol. The Kier molecular flexibility index (Phi) is 4.50. The van der Waals surface area contributed by atoms with Crippen molar-refractivity contribution in [3.8, 4) is 0 Å². The van der Waals surface area contributed by atoms with Gasteiger partial charge in [-0.15, -0.1) is 0 Å². The minimum Gasteiger partial charge on any atom is -0.354 e. The summed E-state index contributed by atoms with van der Waals surface area (Å²) in [6.07, 6.45) is 3.92. The van der Waals surface area contributed by atoms with Gasteiger partial charge in [-0.25, -0.2) is 0 Å². The Morgan fingerprint density at radius 1 is 1.42 bits per heavy atom. The van der Waals surface area contributed by atoms with E-state index in [0.717, 1.165) is 30.7 Å². The largest absolute Gasteiger partial charge is 0.354 e. The number of aryl methyl sites for hydroxylation is 2. The molecule has 4 heteroatoms. The van der Waals surface area contributed by atoms with E-state index >= 15 is 0 Å². The van der Waals surface area contributed by atoms with Gasteiger partial charge in [0.05, 0.1) is 5.69 Å². The summed E-state index contributed by atoms with van der Waals surface area (Å²) in [6.45, 7) is 8.77. The third kappa shape index (κ3) is 3.30. The monoisotopic (exact) mass is 264 g/mol. The number of hydrogen-bond acceptors (Lipinski definition) is 3. The minimum atomic E-state index is 0.740. The van der Waals surface area contributed by atoms with Crippen molar-refractivity contribution >= 4 is 5.82 Å². The van der Waals surface area contributed by atoms with E-state index in [9.17, 15) is 0 Å². The van der Waals surface area contributed by atoms with E-state index in [1.165, 1.54) is 30.6 Å². The first-order valence-corrected chi connectivity index (χ1v) is 7.48. The summed E-state index contributed by atoms with van der Waals surface area (Å²) in [6, 6.07) is 0.740. The molecule has 0 bridgehead atoms. The van der Waals surface area contributed by atoms with Gasteiger partial charge >= 0.3 is 0 Å². The van der Waals surface area contributed by atoms with Gasteiger partial charge < -0.3 is 10.2 Å². The summed E-state index contributed by atoms with van der Waals surface area (Å²) in [4.78, 5) is 2.59. The fraction of sp³-hybridized carbons (Fsp3) is 0.800. The lowest BCUT2D eigenvalue weighted by Gasteiger charge is -2.27. The standard InChI is InChI=1S/C15H28N4/c1-11(2)8-9-19(13-6-7-13)15-14(10-16-4)12(3)17-18(15)5/h11,13,16H,6-10H2,1-5H3. The Bertz CT molecular complexity index is 418. The molecule has 0 unspecified atom stereocenters. The highest BCUT2D eigenvalue weighted by Crippen LogP contribution is 2.34. The SMILES string of the molecule is CNCc1c(C)nn(C)c1N(CCC(C)C)C1CC1. The van der Waals surface area contributed by atoms with Crippen LogP contribution in [0.25, 0.3) is 0 Å². The molecule has 19 heavy (non-hydrogen) atoms. The number of aromatic nitrogens is 2. The molecule has 1 fully saturated rings. The van der Waals surface area contributed by atoms with Crippen molar-refractivity contribution in [2.24, 2.45) is 13.0 Å². The lowest BCUT2D eigenvalue weighted by molar-refractivity contribution is 0.560. The molecule has 1 N–H and O–H groups in total. The molecule has 0 amide bonds. The quantitative estimate of drug-likeness (QED) is 0.821. The highest BCUT2D eigenvalue weighted by atomic mass is 15.4. The lowest BCUT2D eigenvalue weighted by Crippen LogP contribution is -2.31. The molecule has 0 radical (unpaired) electrons. The summed E-state index contributed by atoms with van der Waals surface area (Å²) in [5.41, 5.74) is 2.52. The second-order valence-electron chi connectivity index (χ2n) is 6.15. The predicted octanol–water partition coefficient (Wildman–Crippen LogP) is 2.46. The molecule has 1 aliphatic rings. The van der Waals surface area contributed by atoms with E-state index < -0.39 is 0 Å². The van der Waals surface area contributed by atoms with Crippen LogP contribution < -0.4 is 10.2 Å². The molecule has 1 saturated carbocycles. The van der Waals surface area contributed by atoms with Gasteiger partial charge in [0.25, 0.3) is 0 Å². The maximum absolute atomic E-state index is 4.62. The molecule has 0 aromatic carbocycles. The van der Waals surface area contributed by atoms with Crippen molar-refractivity contribution in [3.63, 3.8) is 0 Å². The zero-order valence-corrected chi connectivity index (χ0v) is 13.0. The van der Waals surface area contributed by atoms with Gasteiger partial charge in [-0.3, -0.25) is 4.68 Å². The first-order chi connectivity index (χ1) is 9.04. The second-order valence-corrected chi connectivity index (χ2v) is 6.15. The zero-order chi connectivity index (χ0) is 14.0. The van der Waals surface area contributed by atoms with E-state index in [-0.39, 0.29) is 0 Å². The summed E-state index contributed by atoms with van der Waals surface area (Å²) in [5.74, 6) is 2.08. The number of anilines is 1. The van der Waals surface area contributed by atoms with Gasteiger partial charge in [-0.2, -0.15) is 5.10 Å². The Morgan fingerprint density at radius 2 is 2.11 bits per heavy atom. The van der Waals surface area contributed by atoms with Crippen molar-refractivity contribution in [1.29, 1.82) is 0 Å². The smallest absolute Gasteiger partial charge is 0.131 e. The van der Waals surface area contributed by atoms with Crippen LogP contribution in [-0.4, -0.2) is 29.4 Å². The van der Waals surface area contributed by atoms with Crippen LogP contribution in [0.3, 0.4) is 0 Å². The molecular formula is C15H28N4. The van der Waals surface area contributed by atoms with Gasteiger partial charge in [0.1, 0.15) is 5.82 Å². The first kappa shape index (κ1) is 14.4. The van der Waals surface area contributed by atoms with Crippen molar-refractivity contribution in [2.75, 3.05) is 18.5 Å². The fourth-order valence-electron chi connectivity index (χ4n) is 2.68. The summed E-state index contributed by atoms with van der Waals surface area (Å²) >= 11 is 0. The van der Waals surface area contributed by atoms with E-state index in [2.05, 4.69) is 47.8 Å². The Morgan fingerprint density at radius 3 is 2.63 bits per heavy atom. The average Bonchev–Trinajstić information content (AvgIpc) is 3.11. The summed E-state index contributed by atoms with van der Waals surface area (Å²) in [5, 5.41) is 7.90. The van der Waals surface area contributed by atoms with Crippen LogP contribution in [0.1, 0.15) is 44.4 Å². The van der Waals surface area contributed by atoms with Gasteiger partial charge in [0.2, 0.25) is 0 Å². The predicted molar refractivity (Wildman–Crippen MR) is 80.5 cm³/mol. The second kappa shape index (κ2) is 5.95. The molecule has 0 atom stereocenters. The Hall–Kier alpha value is -1.03. The number of nitrogens with one attached hydrogen (secondary N) is 1. The molecule has 1 heterocycles. The summed E-state index contributed by atoms with van der Waals surface area (Å²) in [7, 11) is 4.08. The third-order valence-corrected chi connectivity index (χ3v) is 3.87. The van der Waals surface area contributed by atoms with Crippen LogP contribution in [0.2, 0.25) is 0 Å². The topological polar surface area (TPSA) is 33.1 Å². The molecule has 1 aromatic rings. The zero-order valence-electron chi connectivity index (χ0n) is 13.0. The van der Waals surface area contributed by atoms with Crippen molar-refractivity contribution < 1.29 is 0 Å². The highest BCUT2D eigenvalue weighted by Gasteiger charge is 2.32. The Labute approximate surface area is 117 Å². The molecule has 1 aliphatic carbocycles. The Balaban J connectivity index is 2.24. The molecule has 108 valence electrons. The molecule has 0 aliphatic heterocycles. The summed E-state index contributed by atoms with van der Waals surface area (Å²) < 4.78 is 2.07. The fourth-order valence-corrected chi connectivity index (χ4v) is 2.68. The van der Waals surface area contributed by atoms with Crippen LogP contribution in [0.15, 0.2) is 0 Å². The van der Waals surface area contributed by atoms with Gasteiger partial charge in [-0.05, 0) is 39.2 Å². The van der Waals surface area contributed by atoms with Crippen LogP contribution in [-0.2, 0) is 13.6 Å². The lowest BCUT2D eigenvalue weighted by atomic mass is 10.1. The molecule has 0 spiro atoms. The molecule has 0 saturated heterocycles. The molecule has 2 rings (SSSR count). The first-order valence-electron chi connectivity index (χ1n) is 7.48. The number of rotatable bonds is 7. The number of nitrogens with zero attached hydrogens (tertiary/aromatic N) is 3. The van der Waals surface area contributed by atoms with Crippen molar-refractivity contribution in [2.45, 2.75) is 52.6 Å². The maximum Gasteiger partial charge on any atom is 0.131 e. The van der Waals surface area contributed by atoms with E-state index in [0.29, 0.717) is 0 Å². The average molecular weight is 264 g/mol. The normalized spacial score (nSPS) is 15.3. The number of hydrogen-bond donors (Lipinski definition) is 1. The molecule has 4 nitrogen and oxygen atoms in total. The van der Waals surface area contributed by atoms with Gasteiger partial charge in [0, 0.05) is 31.7 Å². The molecule has 1 aromatic heterocycles. The van der Waals surface area contributed by atoms with Crippen LogP contribution >= 0.6 is 0 Å². The van der Waals surface area contributed by atoms with Crippen LogP contribution in [0, 0.1) is 12.8 Å². The van der Waals surface area contributed by atoms with Gasteiger partial charge in [-0.1, -0.05) is 13.8 Å². The van der Waals surface area contributed by atoms with Crippen LogP contribution in [0.4, 0.5) is 5.82 Å². The van der Waals surface area contributed by atoms with Crippen molar-refractivity contribution in [1.82, 2.24) is 15.1 Å². The maximum atomic E-state index is 4.62. The van der Waals surface area contributed by atoms with Crippen molar-refractivity contribution in [3.05, 3.63) is 11.3 Å². The van der Waals surface area contributed by atoms with Gasteiger partial charge in [0.15, 0.2) is 0 Å². The third-order valence-electron chi connectivity index (χ3n) is 3.87.